The highest BCUT2D eigenvalue weighted by atomic mass is 32.2. The molecule has 0 heterocycles. The molecular weight excluding hydrogens is 368 g/mol. The first-order chi connectivity index (χ1) is 11.6. The smallest absolute Gasteiger partial charge is 0.298 e. The molecule has 0 amide bonds. The van der Waals surface area contributed by atoms with Crippen molar-refractivity contribution in [1.29, 1.82) is 0 Å². The fraction of sp³-hybridized carbons (Fsp3) is 0. The molecule has 7 nitrogen and oxygen atoms in total. The first-order valence-electron chi connectivity index (χ1n) is 6.81. The third kappa shape index (κ3) is 4.77. The van der Waals surface area contributed by atoms with Gasteiger partial charge < -0.3 is 5.11 Å². The average Bonchev–Trinajstić information content (AvgIpc) is 2.53. The van der Waals surface area contributed by atoms with Gasteiger partial charge in [-0.25, -0.2) is 0 Å². The quantitative estimate of drug-likeness (QED) is 0.581. The van der Waals surface area contributed by atoms with E-state index in [1.807, 2.05) is 6.07 Å². The van der Waals surface area contributed by atoms with E-state index in [4.69, 9.17) is 14.2 Å². The van der Waals surface area contributed by atoms with Crippen molar-refractivity contribution in [3.05, 3.63) is 66.7 Å². The first-order valence-corrected chi connectivity index (χ1v) is 9.69. The van der Waals surface area contributed by atoms with Crippen molar-refractivity contribution >= 4 is 31.0 Å². The molecule has 0 unspecified atom stereocenters. The van der Waals surface area contributed by atoms with Crippen molar-refractivity contribution in [1.82, 2.24) is 0 Å². The Kier molecular flexibility index (Phi) is 5.43. The minimum Gasteiger partial charge on any atom is -0.506 e. The number of hydrogen-bond acceptors (Lipinski definition) is 5. The monoisotopic (exact) mass is 382 g/mol. The SMILES string of the molecule is O=S(=O)(O)c1cccc2ccccc12.O=S(=O)(O)c1ccccc1O. The normalized spacial score (nSPS) is 11.6. The van der Waals surface area contributed by atoms with Crippen molar-refractivity contribution < 1.29 is 31.0 Å². The van der Waals surface area contributed by atoms with Crippen LogP contribution in [0.25, 0.3) is 10.8 Å². The van der Waals surface area contributed by atoms with Crippen molar-refractivity contribution in [3.63, 3.8) is 0 Å². The summed E-state index contributed by atoms with van der Waals surface area (Å²) in [6, 6.07) is 17.0. The van der Waals surface area contributed by atoms with E-state index in [2.05, 4.69) is 0 Å². The summed E-state index contributed by atoms with van der Waals surface area (Å²) in [6.07, 6.45) is 0. The second-order valence-electron chi connectivity index (χ2n) is 4.90. The van der Waals surface area contributed by atoms with Gasteiger partial charge in [-0.3, -0.25) is 9.11 Å². The molecule has 132 valence electrons. The van der Waals surface area contributed by atoms with Gasteiger partial charge in [0.05, 0.1) is 0 Å². The second-order valence-corrected chi connectivity index (χ2v) is 7.68. The van der Waals surface area contributed by atoms with Crippen molar-refractivity contribution in [2.75, 3.05) is 0 Å². The molecule has 0 fully saturated rings. The molecule has 0 aromatic heterocycles. The predicted octanol–water partition coefficient (Wildman–Crippen LogP) is 2.73. The van der Waals surface area contributed by atoms with Crippen LogP contribution in [0.4, 0.5) is 0 Å². The minimum absolute atomic E-state index is 0.0457. The molecule has 0 aliphatic heterocycles. The van der Waals surface area contributed by atoms with E-state index >= 15 is 0 Å². The number of para-hydroxylation sites is 1. The fourth-order valence-corrected chi connectivity index (χ4v) is 3.39. The highest BCUT2D eigenvalue weighted by Crippen LogP contribution is 2.22. The van der Waals surface area contributed by atoms with Gasteiger partial charge in [0.25, 0.3) is 20.2 Å². The van der Waals surface area contributed by atoms with Gasteiger partial charge >= 0.3 is 0 Å². The summed E-state index contributed by atoms with van der Waals surface area (Å²) >= 11 is 0. The Morgan fingerprint density at radius 1 is 0.600 bits per heavy atom. The van der Waals surface area contributed by atoms with E-state index in [0.717, 1.165) is 11.5 Å². The molecule has 0 radical (unpaired) electrons. The van der Waals surface area contributed by atoms with Crippen LogP contribution >= 0.6 is 0 Å². The van der Waals surface area contributed by atoms with Crippen LogP contribution in [-0.2, 0) is 20.2 Å². The van der Waals surface area contributed by atoms with Crippen LogP contribution in [0.2, 0.25) is 0 Å². The van der Waals surface area contributed by atoms with Crippen molar-refractivity contribution in [2.24, 2.45) is 0 Å². The van der Waals surface area contributed by atoms with Gasteiger partial charge in [-0.15, -0.1) is 0 Å². The molecule has 3 rings (SSSR count). The lowest BCUT2D eigenvalue weighted by Crippen LogP contribution is -1.98. The van der Waals surface area contributed by atoms with E-state index in [0.29, 0.717) is 5.39 Å². The average molecular weight is 382 g/mol. The Hall–Kier alpha value is -2.46. The maximum atomic E-state index is 11.0. The summed E-state index contributed by atoms with van der Waals surface area (Å²) in [4.78, 5) is -0.518. The van der Waals surface area contributed by atoms with Crippen LogP contribution in [0.15, 0.2) is 76.5 Å². The minimum atomic E-state index is -4.28. The molecular formula is C16H14O7S2. The van der Waals surface area contributed by atoms with Gasteiger partial charge in [0.1, 0.15) is 15.5 Å². The highest BCUT2D eigenvalue weighted by molar-refractivity contribution is 7.86. The second kappa shape index (κ2) is 7.19. The highest BCUT2D eigenvalue weighted by Gasteiger charge is 2.13. The van der Waals surface area contributed by atoms with E-state index in [1.165, 1.54) is 24.3 Å². The van der Waals surface area contributed by atoms with Crippen LogP contribution in [-0.4, -0.2) is 31.0 Å². The van der Waals surface area contributed by atoms with Gasteiger partial charge in [0.15, 0.2) is 0 Å². The van der Waals surface area contributed by atoms with E-state index < -0.39 is 30.9 Å². The number of aromatic hydroxyl groups is 1. The number of benzene rings is 3. The van der Waals surface area contributed by atoms with Crippen molar-refractivity contribution in [3.8, 4) is 5.75 Å². The molecule has 25 heavy (non-hydrogen) atoms. The van der Waals surface area contributed by atoms with E-state index in [1.54, 1.807) is 30.3 Å². The Morgan fingerprint density at radius 3 is 1.64 bits per heavy atom. The van der Waals surface area contributed by atoms with Gasteiger partial charge in [0.2, 0.25) is 0 Å². The fourth-order valence-electron chi connectivity index (χ4n) is 2.10. The van der Waals surface area contributed by atoms with Crippen LogP contribution in [0.1, 0.15) is 0 Å². The lowest BCUT2D eigenvalue weighted by molar-refractivity contribution is 0.443. The van der Waals surface area contributed by atoms with E-state index in [9.17, 15) is 16.8 Å². The van der Waals surface area contributed by atoms with Gasteiger partial charge in [-0.2, -0.15) is 16.8 Å². The number of fused-ring (bicyclic) bond motifs is 1. The molecule has 0 aliphatic rings. The Morgan fingerprint density at radius 2 is 1.08 bits per heavy atom. The first kappa shape index (κ1) is 18.9. The lowest BCUT2D eigenvalue weighted by Gasteiger charge is -2.02. The molecule has 3 N–H and O–H groups in total. The summed E-state index contributed by atoms with van der Waals surface area (Å²) in [5.74, 6) is -0.449. The molecule has 9 heteroatoms. The largest absolute Gasteiger partial charge is 0.506 e. The molecule has 3 aromatic rings. The van der Waals surface area contributed by atoms with Gasteiger partial charge in [-0.1, -0.05) is 48.5 Å². The van der Waals surface area contributed by atoms with E-state index in [-0.39, 0.29) is 4.90 Å². The summed E-state index contributed by atoms with van der Waals surface area (Å²) < 4.78 is 60.3. The van der Waals surface area contributed by atoms with Crippen molar-refractivity contribution in [2.45, 2.75) is 9.79 Å². The molecule has 0 atom stereocenters. The number of phenols is 1. The third-order valence-electron chi connectivity index (χ3n) is 3.17. The lowest BCUT2D eigenvalue weighted by atomic mass is 10.1. The summed E-state index contributed by atoms with van der Waals surface area (Å²) in [5, 5.41) is 10.2. The van der Waals surface area contributed by atoms with Crippen LogP contribution in [0.5, 0.6) is 5.75 Å². The third-order valence-corrected chi connectivity index (χ3v) is 4.98. The molecule has 0 saturated heterocycles. The van der Waals surface area contributed by atoms with Crippen LogP contribution < -0.4 is 0 Å². The molecule has 0 aliphatic carbocycles. The van der Waals surface area contributed by atoms with Crippen LogP contribution in [0, 0.1) is 0 Å². The maximum absolute atomic E-state index is 11.0. The zero-order valence-electron chi connectivity index (χ0n) is 12.6. The van der Waals surface area contributed by atoms with Crippen LogP contribution in [0.3, 0.4) is 0 Å². The summed E-state index contributed by atoms with van der Waals surface area (Å²) in [6.45, 7) is 0. The molecule has 0 bridgehead atoms. The summed E-state index contributed by atoms with van der Waals surface area (Å²) in [7, 11) is -8.41. The number of rotatable bonds is 2. The zero-order valence-corrected chi connectivity index (χ0v) is 14.3. The molecule has 3 aromatic carbocycles. The zero-order chi connectivity index (χ0) is 18.7. The summed E-state index contributed by atoms with van der Waals surface area (Å²) in [5.41, 5.74) is 0. The number of phenolic OH excluding ortho intramolecular Hbond substituents is 1. The Balaban J connectivity index is 0.000000186. The maximum Gasteiger partial charge on any atom is 0.298 e. The standard InChI is InChI=1S/C10H8O3S.C6H6O4S/c11-14(12,13)10-7-3-5-8-4-1-2-6-9(8)10;7-5-3-1-2-4-6(5)11(8,9)10/h1-7H,(H,11,12,13);1-4,7H,(H,8,9,10). The predicted molar refractivity (Wildman–Crippen MR) is 91.7 cm³/mol. The number of hydrogen-bond donors (Lipinski definition) is 3. The van der Waals surface area contributed by atoms with Gasteiger partial charge in [-0.05, 0) is 23.6 Å². The molecule has 0 saturated carbocycles. The molecule has 0 spiro atoms. The Labute approximate surface area is 144 Å². The van der Waals surface area contributed by atoms with Gasteiger partial charge in [0, 0.05) is 5.39 Å². The topological polar surface area (TPSA) is 129 Å². The Bertz CT molecular complexity index is 1100.